The summed E-state index contributed by atoms with van der Waals surface area (Å²) in [6.07, 6.45) is 4.81. The Kier molecular flexibility index (Phi) is 7.13. The maximum atomic E-state index is 13.1. The van der Waals surface area contributed by atoms with E-state index < -0.39 is 0 Å². The molecule has 2 aromatic rings. The van der Waals surface area contributed by atoms with E-state index in [1.807, 2.05) is 23.1 Å². The minimum atomic E-state index is -0.264. The van der Waals surface area contributed by atoms with Gasteiger partial charge in [0.1, 0.15) is 5.82 Å². The molecule has 2 heterocycles. The Labute approximate surface area is 178 Å². The van der Waals surface area contributed by atoms with Crippen molar-refractivity contribution in [3.05, 3.63) is 71.5 Å². The summed E-state index contributed by atoms with van der Waals surface area (Å²) in [5, 5.41) is 0. The van der Waals surface area contributed by atoms with Crippen molar-refractivity contribution >= 4 is 5.91 Å². The molecule has 0 radical (unpaired) electrons. The molecule has 1 atom stereocenters. The van der Waals surface area contributed by atoms with Crippen molar-refractivity contribution in [2.24, 2.45) is 0 Å². The summed E-state index contributed by atoms with van der Waals surface area (Å²) in [4.78, 5) is 17.2. The van der Waals surface area contributed by atoms with Crippen LogP contribution in [0.3, 0.4) is 0 Å². The highest BCUT2D eigenvalue weighted by Crippen LogP contribution is 2.26. The van der Waals surface area contributed by atoms with E-state index >= 15 is 0 Å². The van der Waals surface area contributed by atoms with Crippen LogP contribution < -0.4 is 0 Å². The first-order valence-corrected chi connectivity index (χ1v) is 11.1. The smallest absolute Gasteiger partial charge is 0.226 e. The summed E-state index contributed by atoms with van der Waals surface area (Å²) < 4.78 is 19.1. The van der Waals surface area contributed by atoms with E-state index in [2.05, 4.69) is 17.0 Å². The van der Waals surface area contributed by atoms with Gasteiger partial charge in [0.05, 0.1) is 19.6 Å². The Morgan fingerprint density at radius 1 is 0.933 bits per heavy atom. The normalized spacial score (nSPS) is 20.6. The predicted molar refractivity (Wildman–Crippen MR) is 116 cm³/mol. The van der Waals surface area contributed by atoms with Crippen molar-refractivity contribution in [1.82, 2.24) is 9.80 Å². The molecule has 0 N–H and O–H groups in total. The van der Waals surface area contributed by atoms with Crippen LogP contribution in [0.2, 0.25) is 0 Å². The van der Waals surface area contributed by atoms with E-state index in [1.165, 1.54) is 30.5 Å². The average molecular weight is 411 g/mol. The molecule has 2 aliphatic rings. The van der Waals surface area contributed by atoms with Crippen LogP contribution in [0.5, 0.6) is 0 Å². The maximum Gasteiger partial charge on any atom is 0.226 e. The monoisotopic (exact) mass is 410 g/mol. The van der Waals surface area contributed by atoms with E-state index in [0.717, 1.165) is 44.6 Å². The van der Waals surface area contributed by atoms with Gasteiger partial charge in [-0.05, 0) is 55.5 Å². The SMILES string of the molecule is O=C(Cc1ccc(F)cc1)N1CCC(N2CCCC2COCc2ccccc2)CC1. The molecule has 0 spiro atoms. The molecule has 0 saturated carbocycles. The molecule has 2 aromatic carbocycles. The third-order valence-electron chi connectivity index (χ3n) is 6.40. The zero-order chi connectivity index (χ0) is 20.8. The lowest BCUT2D eigenvalue weighted by Gasteiger charge is -2.39. The molecule has 4 rings (SSSR count). The summed E-state index contributed by atoms with van der Waals surface area (Å²) in [6.45, 7) is 4.19. The molecule has 30 heavy (non-hydrogen) atoms. The zero-order valence-corrected chi connectivity index (χ0v) is 17.5. The zero-order valence-electron chi connectivity index (χ0n) is 17.5. The van der Waals surface area contributed by atoms with Gasteiger partial charge in [-0.15, -0.1) is 0 Å². The Morgan fingerprint density at radius 3 is 2.40 bits per heavy atom. The predicted octanol–water partition coefficient (Wildman–Crippen LogP) is 4.04. The van der Waals surface area contributed by atoms with Gasteiger partial charge in [0.25, 0.3) is 0 Å². The van der Waals surface area contributed by atoms with Gasteiger partial charge in [0, 0.05) is 25.2 Å². The average Bonchev–Trinajstić information content (AvgIpc) is 3.25. The van der Waals surface area contributed by atoms with Crippen LogP contribution in [0.4, 0.5) is 4.39 Å². The van der Waals surface area contributed by atoms with Crippen molar-refractivity contribution in [2.45, 2.75) is 50.8 Å². The molecule has 5 heteroatoms. The molecule has 0 bridgehead atoms. The molecule has 2 saturated heterocycles. The quantitative estimate of drug-likeness (QED) is 0.691. The lowest BCUT2D eigenvalue weighted by Crippen LogP contribution is -2.49. The number of benzene rings is 2. The number of amides is 1. The third-order valence-corrected chi connectivity index (χ3v) is 6.40. The molecule has 2 fully saturated rings. The molecule has 0 aliphatic carbocycles. The van der Waals surface area contributed by atoms with Gasteiger partial charge >= 0.3 is 0 Å². The number of carbonyl (C=O) groups is 1. The van der Waals surface area contributed by atoms with Gasteiger partial charge in [-0.3, -0.25) is 9.69 Å². The van der Waals surface area contributed by atoms with Gasteiger partial charge in [-0.2, -0.15) is 0 Å². The van der Waals surface area contributed by atoms with Gasteiger partial charge in [-0.1, -0.05) is 42.5 Å². The van der Waals surface area contributed by atoms with E-state index in [9.17, 15) is 9.18 Å². The number of rotatable bonds is 7. The fraction of sp³-hybridized carbons (Fsp3) is 0.480. The number of halogens is 1. The van der Waals surface area contributed by atoms with Crippen LogP contribution in [0.25, 0.3) is 0 Å². The summed E-state index contributed by atoms with van der Waals surface area (Å²) in [7, 11) is 0. The minimum absolute atomic E-state index is 0.143. The largest absolute Gasteiger partial charge is 0.375 e. The minimum Gasteiger partial charge on any atom is -0.375 e. The number of hydrogen-bond donors (Lipinski definition) is 0. The van der Waals surface area contributed by atoms with Crippen LogP contribution >= 0.6 is 0 Å². The van der Waals surface area contributed by atoms with Gasteiger partial charge < -0.3 is 9.64 Å². The van der Waals surface area contributed by atoms with Crippen LogP contribution in [-0.2, 0) is 22.6 Å². The summed E-state index contributed by atoms with van der Waals surface area (Å²) in [5.74, 6) is -0.121. The Hall–Kier alpha value is -2.24. The van der Waals surface area contributed by atoms with E-state index in [0.29, 0.717) is 25.1 Å². The third kappa shape index (κ3) is 5.46. The van der Waals surface area contributed by atoms with E-state index in [4.69, 9.17) is 4.74 Å². The molecule has 160 valence electrons. The number of nitrogens with zero attached hydrogens (tertiary/aromatic N) is 2. The first-order chi connectivity index (χ1) is 14.7. The van der Waals surface area contributed by atoms with Crippen molar-refractivity contribution in [2.75, 3.05) is 26.2 Å². The summed E-state index contributed by atoms with van der Waals surface area (Å²) in [6, 6.07) is 17.6. The second kappa shape index (κ2) is 10.2. The molecule has 1 amide bonds. The molecule has 4 nitrogen and oxygen atoms in total. The lowest BCUT2D eigenvalue weighted by atomic mass is 10.0. The van der Waals surface area contributed by atoms with E-state index in [-0.39, 0.29) is 11.7 Å². The second-order valence-electron chi connectivity index (χ2n) is 8.45. The van der Waals surface area contributed by atoms with Gasteiger partial charge in [-0.25, -0.2) is 4.39 Å². The number of carbonyl (C=O) groups excluding carboxylic acids is 1. The lowest BCUT2D eigenvalue weighted by molar-refractivity contribution is -0.132. The fourth-order valence-electron chi connectivity index (χ4n) is 4.74. The standard InChI is InChI=1S/C25H31FN2O2/c26-22-10-8-20(9-11-22)17-25(29)27-15-12-23(13-16-27)28-14-4-7-24(28)19-30-18-21-5-2-1-3-6-21/h1-3,5-6,8-11,23-24H,4,7,12-19H2. The molecular weight excluding hydrogens is 379 g/mol. The molecular formula is C25H31FN2O2. The summed E-state index contributed by atoms with van der Waals surface area (Å²) in [5.41, 5.74) is 2.09. The van der Waals surface area contributed by atoms with Gasteiger partial charge in [0.2, 0.25) is 5.91 Å². The number of ether oxygens (including phenoxy) is 1. The Bertz CT molecular complexity index is 804. The highest BCUT2D eigenvalue weighted by atomic mass is 19.1. The Balaban J connectivity index is 1.22. The van der Waals surface area contributed by atoms with Crippen molar-refractivity contribution in [3.8, 4) is 0 Å². The molecule has 2 aliphatic heterocycles. The maximum absolute atomic E-state index is 13.1. The van der Waals surface area contributed by atoms with Crippen LogP contribution in [0.15, 0.2) is 54.6 Å². The highest BCUT2D eigenvalue weighted by molar-refractivity contribution is 5.78. The number of piperidine rings is 1. The van der Waals surface area contributed by atoms with Crippen molar-refractivity contribution in [3.63, 3.8) is 0 Å². The van der Waals surface area contributed by atoms with Crippen LogP contribution in [0, 0.1) is 5.82 Å². The first kappa shape index (κ1) is 21.0. The number of likely N-dealkylation sites (tertiary alicyclic amines) is 2. The Morgan fingerprint density at radius 2 is 1.67 bits per heavy atom. The highest BCUT2D eigenvalue weighted by Gasteiger charge is 2.33. The second-order valence-corrected chi connectivity index (χ2v) is 8.45. The summed E-state index contributed by atoms with van der Waals surface area (Å²) >= 11 is 0. The van der Waals surface area contributed by atoms with Crippen molar-refractivity contribution in [1.29, 1.82) is 0 Å². The van der Waals surface area contributed by atoms with Crippen LogP contribution in [-0.4, -0.2) is 54.0 Å². The first-order valence-electron chi connectivity index (χ1n) is 11.1. The van der Waals surface area contributed by atoms with Gasteiger partial charge in [0.15, 0.2) is 0 Å². The van der Waals surface area contributed by atoms with Crippen molar-refractivity contribution < 1.29 is 13.9 Å². The fourth-order valence-corrected chi connectivity index (χ4v) is 4.74. The van der Waals surface area contributed by atoms with E-state index in [1.54, 1.807) is 12.1 Å². The number of hydrogen-bond acceptors (Lipinski definition) is 3. The molecule has 0 aromatic heterocycles. The topological polar surface area (TPSA) is 32.8 Å². The molecule has 1 unspecified atom stereocenters. The van der Waals surface area contributed by atoms with Crippen LogP contribution in [0.1, 0.15) is 36.8 Å².